The van der Waals surface area contributed by atoms with E-state index in [1.54, 1.807) is 12.1 Å². The van der Waals surface area contributed by atoms with Gasteiger partial charge < -0.3 is 5.32 Å². The van der Waals surface area contributed by atoms with Crippen molar-refractivity contribution in [3.05, 3.63) is 46.7 Å². The number of thiophene rings is 1. The number of fused-ring (bicyclic) bond motifs is 1. The third-order valence-corrected chi connectivity index (χ3v) is 3.80. The summed E-state index contributed by atoms with van der Waals surface area (Å²) in [7, 11) is 0. The fourth-order valence-electron chi connectivity index (χ4n) is 1.76. The predicted molar refractivity (Wildman–Crippen MR) is 73.0 cm³/mol. The molecule has 20 heavy (non-hydrogen) atoms. The smallest absolute Gasteiger partial charge is 0.266 e. The van der Waals surface area contributed by atoms with Gasteiger partial charge in [-0.1, -0.05) is 6.07 Å². The topological polar surface area (TPSA) is 81.6 Å². The molecule has 1 aromatic carbocycles. The first-order valence-electron chi connectivity index (χ1n) is 5.61. The van der Waals surface area contributed by atoms with E-state index < -0.39 is 0 Å². The van der Waals surface area contributed by atoms with Gasteiger partial charge >= 0.3 is 0 Å². The Morgan fingerprint density at radius 2 is 2.30 bits per heavy atom. The van der Waals surface area contributed by atoms with Crippen LogP contribution in [-0.2, 0) is 0 Å². The number of amides is 1. The quantitative estimate of drug-likeness (QED) is 0.760. The number of benzene rings is 1. The third kappa shape index (κ3) is 2.13. The van der Waals surface area contributed by atoms with Crippen molar-refractivity contribution in [3.63, 3.8) is 0 Å². The van der Waals surface area contributed by atoms with Crippen LogP contribution in [0, 0.1) is 17.1 Å². The highest BCUT2D eigenvalue weighted by Gasteiger charge is 2.13. The third-order valence-electron chi connectivity index (χ3n) is 2.70. The fraction of sp³-hybridized carbons (Fsp3) is 0. The minimum absolute atomic E-state index is 0.251. The number of carbonyl (C=O) groups excluding carboxylic acids is 1. The molecule has 0 spiro atoms. The number of carbonyl (C=O) groups is 1. The molecular formula is C13H7FN4OS. The second kappa shape index (κ2) is 4.75. The van der Waals surface area contributed by atoms with E-state index in [4.69, 9.17) is 5.26 Å². The molecule has 7 heteroatoms. The zero-order chi connectivity index (χ0) is 14.1. The van der Waals surface area contributed by atoms with Crippen LogP contribution in [0.25, 0.3) is 10.1 Å². The van der Waals surface area contributed by atoms with Crippen LogP contribution >= 0.6 is 11.3 Å². The lowest BCUT2D eigenvalue weighted by Crippen LogP contribution is -2.11. The number of hydrogen-bond donors (Lipinski definition) is 2. The summed E-state index contributed by atoms with van der Waals surface area (Å²) >= 11 is 1.19. The number of nitrogens with one attached hydrogen (secondary N) is 2. The first-order chi connectivity index (χ1) is 9.67. The van der Waals surface area contributed by atoms with Gasteiger partial charge in [-0.2, -0.15) is 10.4 Å². The van der Waals surface area contributed by atoms with Crippen LogP contribution in [-0.4, -0.2) is 16.1 Å². The molecule has 2 N–H and O–H groups in total. The number of nitriles is 1. The van der Waals surface area contributed by atoms with Crippen molar-refractivity contribution < 1.29 is 9.18 Å². The summed E-state index contributed by atoms with van der Waals surface area (Å²) in [5.74, 6) is -0.458. The van der Waals surface area contributed by atoms with Crippen molar-refractivity contribution in [2.24, 2.45) is 0 Å². The van der Waals surface area contributed by atoms with E-state index in [9.17, 15) is 9.18 Å². The molecule has 0 bridgehead atoms. The van der Waals surface area contributed by atoms with Gasteiger partial charge in [-0.05, 0) is 23.6 Å². The Morgan fingerprint density at radius 1 is 1.45 bits per heavy atom. The van der Waals surface area contributed by atoms with Crippen LogP contribution in [0.5, 0.6) is 0 Å². The molecule has 3 aromatic rings. The van der Waals surface area contributed by atoms with Crippen molar-refractivity contribution in [2.45, 2.75) is 0 Å². The molecule has 3 rings (SSSR count). The highest BCUT2D eigenvalue weighted by Crippen LogP contribution is 2.27. The Kier molecular flexibility index (Phi) is 2.93. The average molecular weight is 286 g/mol. The molecule has 0 saturated carbocycles. The largest absolute Gasteiger partial charge is 0.305 e. The van der Waals surface area contributed by atoms with Crippen LogP contribution in [0.4, 0.5) is 10.2 Å². The number of anilines is 1. The Labute approximate surface area is 116 Å². The van der Waals surface area contributed by atoms with E-state index in [0.717, 1.165) is 5.39 Å². The summed E-state index contributed by atoms with van der Waals surface area (Å²) in [5, 5.41) is 18.4. The maximum atomic E-state index is 13.1. The van der Waals surface area contributed by atoms with E-state index in [0.29, 0.717) is 9.58 Å². The van der Waals surface area contributed by atoms with Crippen molar-refractivity contribution >= 4 is 33.1 Å². The van der Waals surface area contributed by atoms with Gasteiger partial charge in [0, 0.05) is 4.70 Å². The summed E-state index contributed by atoms with van der Waals surface area (Å²) < 4.78 is 13.8. The van der Waals surface area contributed by atoms with Gasteiger partial charge in [-0.3, -0.25) is 9.89 Å². The number of nitrogens with zero attached hydrogens (tertiary/aromatic N) is 2. The van der Waals surface area contributed by atoms with Crippen LogP contribution in [0.2, 0.25) is 0 Å². The standard InChI is InChI=1S/C13H7FN4OS/c14-9-2-1-7-3-11(20-10(7)4-9)13(19)17-12-8(5-15)6-16-18-12/h1-4,6H,(H2,16,17,18,19). The van der Waals surface area contributed by atoms with Crippen molar-refractivity contribution in [1.29, 1.82) is 5.26 Å². The van der Waals surface area contributed by atoms with Gasteiger partial charge in [-0.15, -0.1) is 11.3 Å². The maximum absolute atomic E-state index is 13.1. The molecule has 1 amide bonds. The number of aromatic amines is 1. The average Bonchev–Trinajstić information content (AvgIpc) is 3.04. The first-order valence-corrected chi connectivity index (χ1v) is 6.43. The van der Waals surface area contributed by atoms with Crippen molar-refractivity contribution in [2.75, 3.05) is 5.32 Å². The van der Waals surface area contributed by atoms with Gasteiger partial charge in [0.05, 0.1) is 11.1 Å². The lowest BCUT2D eigenvalue weighted by molar-refractivity contribution is 0.103. The minimum Gasteiger partial charge on any atom is -0.305 e. The second-order valence-corrected chi connectivity index (χ2v) is 5.10. The second-order valence-electron chi connectivity index (χ2n) is 4.02. The lowest BCUT2D eigenvalue weighted by atomic mass is 10.2. The molecule has 0 saturated heterocycles. The molecule has 0 aliphatic rings. The molecule has 2 heterocycles. The van der Waals surface area contributed by atoms with E-state index in [-0.39, 0.29) is 23.1 Å². The van der Waals surface area contributed by atoms with Crippen molar-refractivity contribution in [3.8, 4) is 6.07 Å². The highest BCUT2D eigenvalue weighted by atomic mass is 32.1. The number of aromatic nitrogens is 2. The molecule has 0 fully saturated rings. The molecular weight excluding hydrogens is 279 g/mol. The number of halogens is 1. The van der Waals surface area contributed by atoms with Crippen LogP contribution in [0.3, 0.4) is 0 Å². The Hall–Kier alpha value is -2.72. The number of H-pyrrole nitrogens is 1. The molecule has 0 aliphatic carbocycles. The SMILES string of the molecule is N#Cc1cn[nH]c1NC(=O)c1cc2ccc(F)cc2s1. The normalized spacial score (nSPS) is 10.4. The Morgan fingerprint density at radius 3 is 3.10 bits per heavy atom. The zero-order valence-corrected chi connectivity index (χ0v) is 10.8. The minimum atomic E-state index is -0.368. The summed E-state index contributed by atoms with van der Waals surface area (Å²) in [6.45, 7) is 0. The molecule has 98 valence electrons. The Bertz CT molecular complexity index is 846. The summed E-state index contributed by atoms with van der Waals surface area (Å²) in [5.41, 5.74) is 0.255. The maximum Gasteiger partial charge on any atom is 0.266 e. The molecule has 0 aliphatic heterocycles. The van der Waals surface area contributed by atoms with Crippen LogP contribution < -0.4 is 5.32 Å². The van der Waals surface area contributed by atoms with E-state index in [1.807, 2.05) is 6.07 Å². The zero-order valence-electron chi connectivity index (χ0n) is 9.98. The molecule has 0 unspecified atom stereocenters. The van der Waals surface area contributed by atoms with Crippen molar-refractivity contribution in [1.82, 2.24) is 10.2 Å². The van der Waals surface area contributed by atoms with E-state index >= 15 is 0 Å². The van der Waals surface area contributed by atoms with Gasteiger partial charge in [0.15, 0.2) is 0 Å². The number of rotatable bonds is 2. The van der Waals surface area contributed by atoms with E-state index in [2.05, 4.69) is 15.5 Å². The first kappa shape index (κ1) is 12.3. The lowest BCUT2D eigenvalue weighted by Gasteiger charge is -1.99. The van der Waals surface area contributed by atoms with Crippen LogP contribution in [0.15, 0.2) is 30.5 Å². The summed E-state index contributed by atoms with van der Waals surface area (Å²) in [4.78, 5) is 12.5. The Balaban J connectivity index is 1.91. The highest BCUT2D eigenvalue weighted by molar-refractivity contribution is 7.20. The van der Waals surface area contributed by atoms with Gasteiger partial charge in [0.1, 0.15) is 23.3 Å². The summed E-state index contributed by atoms with van der Waals surface area (Å²) in [6.07, 6.45) is 1.33. The molecule has 5 nitrogen and oxygen atoms in total. The van der Waals surface area contributed by atoms with E-state index in [1.165, 1.54) is 29.7 Å². The monoisotopic (exact) mass is 286 g/mol. The molecule has 0 radical (unpaired) electrons. The van der Waals surface area contributed by atoms with Crippen LogP contribution in [0.1, 0.15) is 15.2 Å². The van der Waals surface area contributed by atoms with Gasteiger partial charge in [0.2, 0.25) is 0 Å². The molecule has 2 aromatic heterocycles. The fourth-order valence-corrected chi connectivity index (χ4v) is 2.74. The molecule has 0 atom stereocenters. The van der Waals surface area contributed by atoms with Gasteiger partial charge in [-0.25, -0.2) is 4.39 Å². The predicted octanol–water partition coefficient (Wildman–Crippen LogP) is 2.89. The van der Waals surface area contributed by atoms with Gasteiger partial charge in [0.25, 0.3) is 5.91 Å². The number of hydrogen-bond acceptors (Lipinski definition) is 4. The summed E-state index contributed by atoms with van der Waals surface area (Å²) in [6, 6.07) is 7.94.